The summed E-state index contributed by atoms with van der Waals surface area (Å²) in [6, 6.07) is 9.25. The number of phenols is 1. The predicted octanol–water partition coefficient (Wildman–Crippen LogP) is 4.81. The summed E-state index contributed by atoms with van der Waals surface area (Å²) in [5.74, 6) is -1.65. The molecule has 1 aromatic carbocycles. The van der Waals surface area contributed by atoms with Gasteiger partial charge in [-0.2, -0.15) is 0 Å². The fourth-order valence-electron chi connectivity index (χ4n) is 6.12. The van der Waals surface area contributed by atoms with Gasteiger partial charge < -0.3 is 20.1 Å². The van der Waals surface area contributed by atoms with Crippen LogP contribution in [-0.2, 0) is 9.59 Å². The van der Waals surface area contributed by atoms with Crippen molar-refractivity contribution in [2.45, 2.75) is 52.1 Å². The van der Waals surface area contributed by atoms with E-state index in [1.54, 1.807) is 12.3 Å². The molecule has 214 valence electrons. The average molecular weight is 661 g/mol. The molecule has 1 fully saturated rings. The lowest BCUT2D eigenvalue weighted by atomic mass is 9.67. The van der Waals surface area contributed by atoms with Gasteiger partial charge in [0, 0.05) is 18.7 Å². The number of imide groups is 1. The molecule has 2 aliphatic rings. The first-order chi connectivity index (χ1) is 19.2. The number of aliphatic hydroxyl groups excluding tert-OH is 2. The molecule has 9 heteroatoms. The number of carbonyl (C=O) groups is 2. The van der Waals surface area contributed by atoms with Gasteiger partial charge in [-0.25, -0.2) is 0 Å². The van der Waals surface area contributed by atoms with Crippen LogP contribution in [0.25, 0.3) is 11.6 Å². The maximum atomic E-state index is 13.3. The lowest BCUT2D eigenvalue weighted by Crippen LogP contribution is -2.39. The fraction of sp³-hybridized carbons (Fsp3) is 0.452. The minimum atomic E-state index is -0.891. The molecular weight excluding hydrogens is 623 g/mol. The smallest absolute Gasteiger partial charge is 0.233 e. The number of aromatic nitrogens is 1. The Labute approximate surface area is 248 Å². The van der Waals surface area contributed by atoms with Crippen LogP contribution in [0, 0.1) is 21.3 Å². The number of allylic oxidation sites excluding steroid dienone is 2. The van der Waals surface area contributed by atoms with Crippen LogP contribution in [0.3, 0.4) is 0 Å². The van der Waals surface area contributed by atoms with Crippen molar-refractivity contribution in [1.82, 2.24) is 9.88 Å². The summed E-state index contributed by atoms with van der Waals surface area (Å²) in [5, 5.41) is 32.3. The molecule has 0 saturated carbocycles. The summed E-state index contributed by atoms with van der Waals surface area (Å²) < 4.78 is 5.98. The number of carbonyl (C=O) groups excluding carboxylic acids is 2. The highest BCUT2D eigenvalue weighted by atomic mass is 127. The number of nitrogens with zero attached hydrogens (tertiary/aromatic N) is 2. The molecule has 4 rings (SSSR count). The summed E-state index contributed by atoms with van der Waals surface area (Å²) in [7, 11) is 1.50. The Morgan fingerprint density at radius 2 is 2.02 bits per heavy atom. The normalized spacial score (nSPS) is 22.1. The van der Waals surface area contributed by atoms with Crippen LogP contribution in [0.1, 0.15) is 57.2 Å². The number of likely N-dealkylation sites (tertiary alicyclic amines) is 1. The molecule has 4 atom stereocenters. The lowest BCUT2D eigenvalue weighted by molar-refractivity contribution is -0.140. The van der Waals surface area contributed by atoms with Crippen molar-refractivity contribution >= 4 is 46.1 Å². The topological polar surface area (TPSA) is 120 Å². The molecule has 0 bridgehead atoms. The van der Waals surface area contributed by atoms with Crippen molar-refractivity contribution in [2.75, 3.05) is 20.3 Å². The average Bonchev–Trinajstić information content (AvgIpc) is 3.20. The van der Waals surface area contributed by atoms with Gasteiger partial charge in [0.15, 0.2) is 11.5 Å². The molecule has 0 unspecified atom stereocenters. The van der Waals surface area contributed by atoms with Crippen LogP contribution in [-0.4, -0.2) is 63.4 Å². The molecule has 0 spiro atoms. The summed E-state index contributed by atoms with van der Waals surface area (Å²) in [6.45, 7) is 3.99. The second kappa shape index (κ2) is 13.3. The highest BCUT2D eigenvalue weighted by molar-refractivity contribution is 14.1. The quantitative estimate of drug-likeness (QED) is 0.180. The number of hydrogen-bond acceptors (Lipinski definition) is 7. The first kappa shape index (κ1) is 30.2. The van der Waals surface area contributed by atoms with E-state index in [1.807, 2.05) is 44.2 Å². The van der Waals surface area contributed by atoms with Crippen molar-refractivity contribution in [2.24, 2.45) is 17.8 Å². The van der Waals surface area contributed by atoms with Gasteiger partial charge in [0.2, 0.25) is 11.8 Å². The number of hydrogen-bond donors (Lipinski definition) is 3. The van der Waals surface area contributed by atoms with Gasteiger partial charge >= 0.3 is 0 Å². The van der Waals surface area contributed by atoms with Crippen LogP contribution in [0.2, 0.25) is 0 Å². The van der Waals surface area contributed by atoms with Crippen molar-refractivity contribution in [3.8, 4) is 11.5 Å². The Balaban J connectivity index is 1.64. The van der Waals surface area contributed by atoms with Gasteiger partial charge in [-0.15, -0.1) is 0 Å². The number of halogens is 1. The summed E-state index contributed by atoms with van der Waals surface area (Å²) in [6.07, 6.45) is 5.36. The molecule has 3 N–H and O–H groups in total. The Hall–Kier alpha value is -2.76. The SMILES string of the molecule is CCCN1C(=O)[C@@H]2[C@@H](CC(CC)=C([C@H](O)CC/C(=C/c3cc(I)c(O)c(OC)c3)c3ccccn3)[C@@H]2CO)C1=O. The van der Waals surface area contributed by atoms with E-state index >= 15 is 0 Å². The second-order valence-corrected chi connectivity index (χ2v) is 11.5. The van der Waals surface area contributed by atoms with Crippen LogP contribution in [0.5, 0.6) is 11.5 Å². The van der Waals surface area contributed by atoms with E-state index in [4.69, 9.17) is 4.74 Å². The number of ether oxygens (including phenoxy) is 1. The number of pyridine rings is 1. The number of aromatic hydroxyl groups is 1. The minimum absolute atomic E-state index is 0.0807. The third-order valence-electron chi connectivity index (χ3n) is 8.00. The van der Waals surface area contributed by atoms with E-state index in [0.717, 1.165) is 22.4 Å². The minimum Gasteiger partial charge on any atom is -0.504 e. The molecule has 2 heterocycles. The summed E-state index contributed by atoms with van der Waals surface area (Å²) in [5.41, 5.74) is 4.12. The lowest BCUT2D eigenvalue weighted by Gasteiger charge is -2.36. The fourth-order valence-corrected chi connectivity index (χ4v) is 6.74. The first-order valence-electron chi connectivity index (χ1n) is 13.8. The van der Waals surface area contributed by atoms with E-state index in [1.165, 1.54) is 12.0 Å². The standard InChI is InChI=1S/C31H37IN2O6/c1-4-12-34-30(38)21-16-19(5-2)27(22(17-35)28(21)31(34)39)25(36)10-9-20(24-8-6-7-11-33-24)13-18-14-23(32)29(37)26(15-18)40-3/h6-8,11,13-15,21-22,25,28,35-37H,4-5,9-10,12,16-17H2,1-3H3/b20-13-/t21-,22+,25-,28-/m1/s1. The number of phenolic OH excluding ortho intramolecular Hbond substituents is 1. The number of amides is 2. The monoisotopic (exact) mass is 660 g/mol. The van der Waals surface area contributed by atoms with E-state index in [9.17, 15) is 24.9 Å². The molecule has 1 aromatic heterocycles. The maximum Gasteiger partial charge on any atom is 0.233 e. The number of benzene rings is 1. The predicted molar refractivity (Wildman–Crippen MR) is 161 cm³/mol. The molecule has 1 aliphatic carbocycles. The van der Waals surface area contributed by atoms with E-state index < -0.39 is 23.9 Å². The Bertz CT molecular complexity index is 1310. The number of methoxy groups -OCH3 is 1. The summed E-state index contributed by atoms with van der Waals surface area (Å²) in [4.78, 5) is 32.2. The van der Waals surface area contributed by atoms with E-state index in [0.29, 0.717) is 53.5 Å². The van der Waals surface area contributed by atoms with Crippen molar-refractivity contribution < 1.29 is 29.6 Å². The largest absolute Gasteiger partial charge is 0.504 e. The molecule has 1 saturated heterocycles. The van der Waals surface area contributed by atoms with Gasteiger partial charge in [0.25, 0.3) is 0 Å². The molecule has 8 nitrogen and oxygen atoms in total. The van der Waals surface area contributed by atoms with Crippen LogP contribution in [0.15, 0.2) is 47.7 Å². The molecule has 1 aliphatic heterocycles. The first-order valence-corrected chi connectivity index (χ1v) is 14.9. The maximum absolute atomic E-state index is 13.3. The van der Waals surface area contributed by atoms with Crippen LogP contribution in [0.4, 0.5) is 0 Å². The zero-order chi connectivity index (χ0) is 29.0. The van der Waals surface area contributed by atoms with Crippen LogP contribution < -0.4 is 4.74 Å². The van der Waals surface area contributed by atoms with Gasteiger partial charge in [-0.1, -0.05) is 25.5 Å². The summed E-state index contributed by atoms with van der Waals surface area (Å²) >= 11 is 2.06. The van der Waals surface area contributed by atoms with Gasteiger partial charge in [0.1, 0.15) is 0 Å². The van der Waals surface area contributed by atoms with Crippen molar-refractivity contribution in [3.05, 3.63) is 62.5 Å². The third-order valence-corrected chi connectivity index (χ3v) is 8.82. The van der Waals surface area contributed by atoms with E-state index in [-0.39, 0.29) is 24.2 Å². The van der Waals surface area contributed by atoms with Gasteiger partial charge in [-0.05, 0) is 102 Å². The number of rotatable bonds is 11. The molecule has 0 radical (unpaired) electrons. The van der Waals surface area contributed by atoms with Crippen molar-refractivity contribution in [1.29, 1.82) is 0 Å². The van der Waals surface area contributed by atoms with Gasteiger partial charge in [-0.3, -0.25) is 19.5 Å². The number of aliphatic hydroxyl groups is 2. The molecule has 2 amide bonds. The van der Waals surface area contributed by atoms with Crippen LogP contribution >= 0.6 is 22.6 Å². The Kier molecular flexibility index (Phi) is 10.0. The van der Waals surface area contributed by atoms with Gasteiger partial charge in [0.05, 0.1) is 40.9 Å². The third kappa shape index (κ3) is 5.96. The zero-order valence-electron chi connectivity index (χ0n) is 23.1. The number of fused-ring (bicyclic) bond motifs is 1. The Morgan fingerprint density at radius 1 is 1.25 bits per heavy atom. The zero-order valence-corrected chi connectivity index (χ0v) is 25.3. The van der Waals surface area contributed by atoms with Crippen molar-refractivity contribution in [3.63, 3.8) is 0 Å². The molecular formula is C31H37IN2O6. The molecule has 2 aromatic rings. The highest BCUT2D eigenvalue weighted by Crippen LogP contribution is 2.47. The molecule has 40 heavy (non-hydrogen) atoms. The highest BCUT2D eigenvalue weighted by Gasteiger charge is 2.54. The Morgan fingerprint density at radius 3 is 2.65 bits per heavy atom. The van der Waals surface area contributed by atoms with E-state index in [2.05, 4.69) is 27.6 Å². The second-order valence-electron chi connectivity index (χ2n) is 10.4.